The van der Waals surface area contributed by atoms with Gasteiger partial charge in [-0.3, -0.25) is 9.10 Å². The van der Waals surface area contributed by atoms with E-state index in [1.807, 2.05) is 6.92 Å². The molecule has 1 atom stereocenters. The van der Waals surface area contributed by atoms with Crippen LogP contribution in [-0.2, 0) is 22.9 Å². The summed E-state index contributed by atoms with van der Waals surface area (Å²) in [5.41, 5.74) is 4.81. The zero-order valence-electron chi connectivity index (χ0n) is 19.0. The lowest BCUT2D eigenvalue weighted by Crippen LogP contribution is -2.28. The van der Waals surface area contributed by atoms with Crippen molar-refractivity contribution < 1.29 is 17.9 Å². The van der Waals surface area contributed by atoms with Gasteiger partial charge in [-0.1, -0.05) is 18.2 Å². The highest BCUT2D eigenvalue weighted by Crippen LogP contribution is 2.26. The molecule has 4 rings (SSSR count). The second-order valence-corrected chi connectivity index (χ2v) is 10.2. The summed E-state index contributed by atoms with van der Waals surface area (Å²) in [6, 6.07) is 19.1. The monoisotopic (exact) mass is 464 g/mol. The average molecular weight is 465 g/mol. The predicted octanol–water partition coefficient (Wildman–Crippen LogP) is 4.50. The van der Waals surface area contributed by atoms with Crippen molar-refractivity contribution in [2.45, 2.75) is 37.1 Å². The SMILES string of the molecule is COc1ccc(S(=O)(=O)N(C)c2ccc(C(=O)N[C@@H](C)c3ccc4c(c3)CCC4)cc2)cc1. The lowest BCUT2D eigenvalue weighted by molar-refractivity contribution is 0.0940. The van der Waals surface area contributed by atoms with E-state index in [0.717, 1.165) is 18.4 Å². The first-order chi connectivity index (χ1) is 15.8. The van der Waals surface area contributed by atoms with Crippen LogP contribution < -0.4 is 14.4 Å². The highest BCUT2D eigenvalue weighted by molar-refractivity contribution is 7.92. The van der Waals surface area contributed by atoms with E-state index in [9.17, 15) is 13.2 Å². The van der Waals surface area contributed by atoms with Crippen LogP contribution in [-0.4, -0.2) is 28.5 Å². The van der Waals surface area contributed by atoms with Crippen LogP contribution in [0.5, 0.6) is 5.75 Å². The van der Waals surface area contributed by atoms with E-state index < -0.39 is 10.0 Å². The molecule has 0 bridgehead atoms. The van der Waals surface area contributed by atoms with Crippen molar-refractivity contribution in [1.29, 1.82) is 0 Å². The Bertz CT molecular complexity index is 1250. The molecule has 0 fully saturated rings. The summed E-state index contributed by atoms with van der Waals surface area (Å²) in [4.78, 5) is 12.9. The van der Waals surface area contributed by atoms with Crippen LogP contribution in [0.3, 0.4) is 0 Å². The van der Waals surface area contributed by atoms with E-state index in [-0.39, 0.29) is 16.8 Å². The molecule has 0 saturated heterocycles. The number of aryl methyl sites for hydroxylation is 2. The van der Waals surface area contributed by atoms with Gasteiger partial charge in [0, 0.05) is 12.6 Å². The fraction of sp³-hybridized carbons (Fsp3) is 0.269. The van der Waals surface area contributed by atoms with Gasteiger partial charge in [-0.05, 0) is 91.4 Å². The van der Waals surface area contributed by atoms with Crippen LogP contribution in [0, 0.1) is 0 Å². The number of rotatable bonds is 7. The van der Waals surface area contributed by atoms with Crippen LogP contribution >= 0.6 is 0 Å². The lowest BCUT2D eigenvalue weighted by Gasteiger charge is -2.20. The molecule has 0 spiro atoms. The van der Waals surface area contributed by atoms with Crippen LogP contribution in [0.15, 0.2) is 71.6 Å². The van der Waals surface area contributed by atoms with Gasteiger partial charge in [0.2, 0.25) is 0 Å². The molecule has 0 radical (unpaired) electrons. The Balaban J connectivity index is 1.45. The zero-order valence-corrected chi connectivity index (χ0v) is 19.9. The van der Waals surface area contributed by atoms with Gasteiger partial charge in [-0.15, -0.1) is 0 Å². The van der Waals surface area contributed by atoms with Crippen molar-refractivity contribution in [2.24, 2.45) is 0 Å². The number of hydrogen-bond acceptors (Lipinski definition) is 4. The van der Waals surface area contributed by atoms with E-state index >= 15 is 0 Å². The van der Waals surface area contributed by atoms with E-state index in [2.05, 4.69) is 23.5 Å². The number of nitrogens with zero attached hydrogens (tertiary/aromatic N) is 1. The highest BCUT2D eigenvalue weighted by atomic mass is 32.2. The van der Waals surface area contributed by atoms with Crippen molar-refractivity contribution in [1.82, 2.24) is 5.32 Å². The number of sulfonamides is 1. The lowest BCUT2D eigenvalue weighted by atomic mass is 10.0. The molecule has 33 heavy (non-hydrogen) atoms. The minimum absolute atomic E-state index is 0.124. The number of carbonyl (C=O) groups is 1. The van der Waals surface area contributed by atoms with Gasteiger partial charge in [0.05, 0.1) is 23.7 Å². The third-order valence-electron chi connectivity index (χ3n) is 6.18. The first kappa shape index (κ1) is 22.9. The summed E-state index contributed by atoms with van der Waals surface area (Å²) in [5.74, 6) is 0.385. The molecule has 0 heterocycles. The molecular weight excluding hydrogens is 436 g/mol. The molecule has 6 nitrogen and oxygen atoms in total. The predicted molar refractivity (Wildman–Crippen MR) is 129 cm³/mol. The standard InChI is InChI=1S/C26H28N2O4S/c1-18(21-8-7-19-5-4-6-22(19)17-21)27-26(29)20-9-11-23(12-10-20)28(2)33(30,31)25-15-13-24(32-3)14-16-25/h7-18H,4-6H2,1-3H3,(H,27,29)/t18-/m0/s1. The number of nitrogens with one attached hydrogen (secondary N) is 1. The maximum atomic E-state index is 12.9. The van der Waals surface area contributed by atoms with Gasteiger partial charge in [-0.2, -0.15) is 0 Å². The van der Waals surface area contributed by atoms with Crippen molar-refractivity contribution in [2.75, 3.05) is 18.5 Å². The number of hydrogen-bond donors (Lipinski definition) is 1. The van der Waals surface area contributed by atoms with Crippen LogP contribution in [0.2, 0.25) is 0 Å². The number of benzene rings is 3. The number of methoxy groups -OCH3 is 1. The molecule has 3 aromatic rings. The Hall–Kier alpha value is -3.32. The van der Waals surface area contributed by atoms with Gasteiger partial charge >= 0.3 is 0 Å². The summed E-state index contributed by atoms with van der Waals surface area (Å²) >= 11 is 0. The minimum Gasteiger partial charge on any atom is -0.497 e. The molecule has 0 aliphatic heterocycles. The molecule has 1 aliphatic rings. The number of carbonyl (C=O) groups excluding carboxylic acids is 1. The molecule has 1 amide bonds. The first-order valence-electron chi connectivity index (χ1n) is 10.9. The minimum atomic E-state index is -3.73. The highest BCUT2D eigenvalue weighted by Gasteiger charge is 2.22. The van der Waals surface area contributed by atoms with E-state index in [1.54, 1.807) is 36.4 Å². The molecule has 0 saturated carbocycles. The van der Waals surface area contributed by atoms with Crippen molar-refractivity contribution >= 4 is 21.6 Å². The van der Waals surface area contributed by atoms with Crippen LogP contribution in [0.4, 0.5) is 5.69 Å². The molecule has 1 aliphatic carbocycles. The van der Waals surface area contributed by atoms with Gasteiger partial charge < -0.3 is 10.1 Å². The fourth-order valence-corrected chi connectivity index (χ4v) is 5.29. The number of amides is 1. The van der Waals surface area contributed by atoms with Gasteiger partial charge in [0.15, 0.2) is 0 Å². The maximum absolute atomic E-state index is 12.9. The molecule has 172 valence electrons. The largest absolute Gasteiger partial charge is 0.497 e. The van der Waals surface area contributed by atoms with Gasteiger partial charge in [-0.25, -0.2) is 8.42 Å². The average Bonchev–Trinajstić information content (AvgIpc) is 3.31. The summed E-state index contributed by atoms with van der Waals surface area (Å²) in [6.07, 6.45) is 3.41. The number of fused-ring (bicyclic) bond motifs is 1. The topological polar surface area (TPSA) is 75.7 Å². The van der Waals surface area contributed by atoms with Gasteiger partial charge in [0.25, 0.3) is 15.9 Å². The van der Waals surface area contributed by atoms with Gasteiger partial charge in [0.1, 0.15) is 5.75 Å². The molecule has 7 heteroatoms. The van der Waals surface area contributed by atoms with Crippen LogP contribution in [0.1, 0.15) is 46.4 Å². The normalized spacial score (nSPS) is 13.8. The number of ether oxygens (including phenoxy) is 1. The van der Waals surface area contributed by atoms with Crippen LogP contribution in [0.25, 0.3) is 0 Å². The second-order valence-electron chi connectivity index (χ2n) is 8.27. The van der Waals surface area contributed by atoms with E-state index in [4.69, 9.17) is 4.74 Å². The molecule has 0 unspecified atom stereocenters. The van der Waals surface area contributed by atoms with E-state index in [0.29, 0.717) is 17.0 Å². The fourth-order valence-electron chi connectivity index (χ4n) is 4.09. The third-order valence-corrected chi connectivity index (χ3v) is 7.98. The Morgan fingerprint density at radius 1 is 0.970 bits per heavy atom. The Labute approximate surface area is 195 Å². The second kappa shape index (κ2) is 9.27. The Morgan fingerprint density at radius 2 is 1.64 bits per heavy atom. The Kier molecular flexibility index (Phi) is 6.42. The third kappa shape index (κ3) is 4.73. The summed E-state index contributed by atoms with van der Waals surface area (Å²) in [6.45, 7) is 1.97. The summed E-state index contributed by atoms with van der Waals surface area (Å²) in [5, 5.41) is 3.04. The molecule has 3 aromatic carbocycles. The van der Waals surface area contributed by atoms with Crippen molar-refractivity contribution in [3.63, 3.8) is 0 Å². The summed E-state index contributed by atoms with van der Waals surface area (Å²) < 4.78 is 32.2. The molecular formula is C26H28N2O4S. The quantitative estimate of drug-likeness (QED) is 0.559. The first-order valence-corrected chi connectivity index (χ1v) is 12.4. The van der Waals surface area contributed by atoms with Crippen molar-refractivity contribution in [3.8, 4) is 5.75 Å². The van der Waals surface area contributed by atoms with E-state index in [1.165, 1.54) is 48.1 Å². The smallest absolute Gasteiger partial charge is 0.264 e. The van der Waals surface area contributed by atoms with Crippen molar-refractivity contribution in [3.05, 3.63) is 89.0 Å². The molecule has 1 N–H and O–H groups in total. The zero-order chi connectivity index (χ0) is 23.6. The summed E-state index contributed by atoms with van der Waals surface area (Å²) in [7, 11) is -0.715. The Morgan fingerprint density at radius 3 is 2.30 bits per heavy atom. The number of anilines is 1. The maximum Gasteiger partial charge on any atom is 0.264 e. The molecule has 0 aromatic heterocycles.